The second-order valence-electron chi connectivity index (χ2n) is 5.05. The number of phosphoric ester groups is 1. The van der Waals surface area contributed by atoms with E-state index in [9.17, 15) is 19.4 Å². The SMILES string of the molecule is CC(=O)OCC(O)COP(=O)([O-])OCC[N+](C)(C)C. The molecular weight excluding hydrogens is 277 g/mol. The highest BCUT2D eigenvalue weighted by atomic mass is 31.2. The standard InChI is InChI=1S/C10H22NO7P/c1-9(12)16-7-10(13)8-18-19(14,15)17-6-5-11(2,3)4/h10,13H,5-8H2,1-4H3. The molecule has 114 valence electrons. The number of aliphatic hydroxyl groups is 1. The second kappa shape index (κ2) is 7.94. The number of hydrogen-bond acceptors (Lipinski definition) is 7. The second-order valence-corrected chi connectivity index (χ2v) is 6.46. The normalized spacial score (nSPS) is 16.7. The summed E-state index contributed by atoms with van der Waals surface area (Å²) in [6, 6.07) is 0. The van der Waals surface area contributed by atoms with Gasteiger partial charge in [0, 0.05) is 6.92 Å². The summed E-state index contributed by atoms with van der Waals surface area (Å²) in [7, 11) is 1.23. The van der Waals surface area contributed by atoms with Crippen molar-refractivity contribution in [1.82, 2.24) is 0 Å². The van der Waals surface area contributed by atoms with Gasteiger partial charge in [-0.15, -0.1) is 0 Å². The van der Waals surface area contributed by atoms with Crippen LogP contribution in [-0.2, 0) is 23.1 Å². The Morgan fingerprint density at radius 3 is 2.37 bits per heavy atom. The van der Waals surface area contributed by atoms with Crippen molar-refractivity contribution in [1.29, 1.82) is 0 Å². The lowest BCUT2D eigenvalue weighted by molar-refractivity contribution is -0.870. The predicted octanol–water partition coefficient (Wildman–Crippen LogP) is -0.882. The van der Waals surface area contributed by atoms with Crippen molar-refractivity contribution in [3.8, 4) is 0 Å². The first-order valence-electron chi connectivity index (χ1n) is 5.74. The topological polar surface area (TPSA) is 105 Å². The van der Waals surface area contributed by atoms with Gasteiger partial charge in [0.2, 0.25) is 0 Å². The lowest BCUT2D eigenvalue weighted by Gasteiger charge is -2.27. The molecule has 0 aliphatic rings. The number of rotatable bonds is 9. The van der Waals surface area contributed by atoms with E-state index in [0.717, 1.165) is 0 Å². The van der Waals surface area contributed by atoms with Gasteiger partial charge in [0.05, 0.1) is 27.7 Å². The number of nitrogens with zero attached hydrogens (tertiary/aromatic N) is 1. The molecule has 0 aromatic heterocycles. The smallest absolute Gasteiger partial charge is 0.302 e. The van der Waals surface area contributed by atoms with Crippen LogP contribution >= 0.6 is 7.82 Å². The van der Waals surface area contributed by atoms with Crippen LogP contribution in [0.5, 0.6) is 0 Å². The fourth-order valence-corrected chi connectivity index (χ4v) is 1.64. The summed E-state index contributed by atoms with van der Waals surface area (Å²) >= 11 is 0. The van der Waals surface area contributed by atoms with Crippen LogP contribution in [0, 0.1) is 0 Å². The van der Waals surface area contributed by atoms with Gasteiger partial charge >= 0.3 is 5.97 Å². The van der Waals surface area contributed by atoms with Crippen LogP contribution in [0.1, 0.15) is 6.92 Å². The molecule has 0 fully saturated rings. The molecule has 0 rings (SSSR count). The maximum Gasteiger partial charge on any atom is 0.302 e. The van der Waals surface area contributed by atoms with Crippen molar-refractivity contribution in [2.75, 3.05) is 47.5 Å². The lowest BCUT2D eigenvalue weighted by Crippen LogP contribution is -2.37. The molecule has 2 atom stereocenters. The van der Waals surface area contributed by atoms with Gasteiger partial charge in [-0.3, -0.25) is 9.36 Å². The number of likely N-dealkylation sites (N-methyl/N-ethyl adjacent to an activating group) is 1. The zero-order valence-corrected chi connectivity index (χ0v) is 12.6. The lowest BCUT2D eigenvalue weighted by atomic mass is 10.4. The Balaban J connectivity index is 3.89. The highest BCUT2D eigenvalue weighted by molar-refractivity contribution is 7.45. The predicted molar refractivity (Wildman–Crippen MR) is 65.0 cm³/mol. The molecule has 0 saturated carbocycles. The largest absolute Gasteiger partial charge is 0.756 e. The summed E-state index contributed by atoms with van der Waals surface area (Å²) in [4.78, 5) is 21.8. The van der Waals surface area contributed by atoms with E-state index < -0.39 is 26.5 Å². The third-order valence-electron chi connectivity index (χ3n) is 1.92. The summed E-state index contributed by atoms with van der Waals surface area (Å²) in [6.45, 7) is 0.822. The molecule has 2 unspecified atom stereocenters. The Hall–Kier alpha value is -0.500. The fraction of sp³-hybridized carbons (Fsp3) is 0.900. The van der Waals surface area contributed by atoms with E-state index in [4.69, 9.17) is 0 Å². The maximum absolute atomic E-state index is 11.3. The van der Waals surface area contributed by atoms with Crippen molar-refractivity contribution >= 4 is 13.8 Å². The zero-order valence-electron chi connectivity index (χ0n) is 11.7. The number of carbonyl (C=O) groups is 1. The molecule has 0 radical (unpaired) electrons. The van der Waals surface area contributed by atoms with Crippen LogP contribution in [0.25, 0.3) is 0 Å². The number of carbonyl (C=O) groups excluding carboxylic acids is 1. The highest BCUT2D eigenvalue weighted by Gasteiger charge is 2.16. The van der Waals surface area contributed by atoms with E-state index in [0.29, 0.717) is 11.0 Å². The highest BCUT2D eigenvalue weighted by Crippen LogP contribution is 2.38. The van der Waals surface area contributed by atoms with Crippen molar-refractivity contribution in [3.63, 3.8) is 0 Å². The summed E-state index contributed by atoms with van der Waals surface area (Å²) in [5.41, 5.74) is 0. The monoisotopic (exact) mass is 299 g/mol. The minimum atomic E-state index is -4.44. The zero-order chi connectivity index (χ0) is 15.1. The van der Waals surface area contributed by atoms with Crippen molar-refractivity contribution in [2.24, 2.45) is 0 Å². The minimum absolute atomic E-state index is 0.00960. The minimum Gasteiger partial charge on any atom is -0.756 e. The van der Waals surface area contributed by atoms with Crippen LogP contribution in [0.15, 0.2) is 0 Å². The van der Waals surface area contributed by atoms with Gasteiger partial charge < -0.3 is 28.3 Å². The number of ether oxygens (including phenoxy) is 1. The molecule has 0 aromatic rings. The van der Waals surface area contributed by atoms with Gasteiger partial charge in [-0.2, -0.15) is 0 Å². The third kappa shape index (κ3) is 12.3. The van der Waals surface area contributed by atoms with Gasteiger partial charge in [0.1, 0.15) is 25.9 Å². The molecule has 8 nitrogen and oxygen atoms in total. The van der Waals surface area contributed by atoms with Crippen molar-refractivity contribution < 1.29 is 37.6 Å². The van der Waals surface area contributed by atoms with E-state index in [1.807, 2.05) is 21.1 Å². The molecular formula is C10H22NO7P. The average Bonchev–Trinajstić information content (AvgIpc) is 2.21. The molecule has 0 amide bonds. The molecule has 0 saturated heterocycles. The Kier molecular flexibility index (Phi) is 7.73. The van der Waals surface area contributed by atoms with Gasteiger partial charge in [0.25, 0.3) is 7.82 Å². The number of phosphoric acid groups is 1. The molecule has 0 bridgehead atoms. The Morgan fingerprint density at radius 2 is 1.89 bits per heavy atom. The Morgan fingerprint density at radius 1 is 1.32 bits per heavy atom. The first-order chi connectivity index (χ1) is 8.52. The molecule has 0 heterocycles. The van der Waals surface area contributed by atoms with Gasteiger partial charge in [0.15, 0.2) is 0 Å². The molecule has 0 spiro atoms. The van der Waals surface area contributed by atoms with Gasteiger partial charge in [-0.1, -0.05) is 0 Å². The van der Waals surface area contributed by atoms with E-state index in [-0.39, 0.29) is 13.2 Å². The molecule has 0 aliphatic carbocycles. The molecule has 19 heavy (non-hydrogen) atoms. The fourth-order valence-electron chi connectivity index (χ4n) is 0.903. The first kappa shape index (κ1) is 18.5. The van der Waals surface area contributed by atoms with E-state index in [1.54, 1.807) is 0 Å². The van der Waals surface area contributed by atoms with Gasteiger partial charge in [-0.25, -0.2) is 0 Å². The quantitative estimate of drug-likeness (QED) is 0.335. The Labute approximate surface area is 113 Å². The molecule has 0 aliphatic heterocycles. The van der Waals surface area contributed by atoms with Crippen LogP contribution < -0.4 is 4.89 Å². The summed E-state index contributed by atoms with van der Waals surface area (Å²) in [6.07, 6.45) is -1.21. The van der Waals surface area contributed by atoms with Crippen LogP contribution in [-0.4, -0.2) is 69.2 Å². The average molecular weight is 299 g/mol. The number of hydrogen-bond donors (Lipinski definition) is 1. The van der Waals surface area contributed by atoms with E-state index in [1.165, 1.54) is 6.92 Å². The van der Waals surface area contributed by atoms with Crippen LogP contribution in [0.4, 0.5) is 0 Å². The van der Waals surface area contributed by atoms with Crippen molar-refractivity contribution in [3.05, 3.63) is 0 Å². The molecule has 9 heteroatoms. The molecule has 1 N–H and O–H groups in total. The van der Waals surface area contributed by atoms with Crippen LogP contribution in [0.3, 0.4) is 0 Å². The van der Waals surface area contributed by atoms with Crippen molar-refractivity contribution in [2.45, 2.75) is 13.0 Å². The molecule has 0 aromatic carbocycles. The van der Waals surface area contributed by atoms with Crippen LogP contribution in [0.2, 0.25) is 0 Å². The number of quaternary nitrogens is 1. The van der Waals surface area contributed by atoms with E-state index in [2.05, 4.69) is 13.8 Å². The van der Waals surface area contributed by atoms with Gasteiger partial charge in [-0.05, 0) is 0 Å². The summed E-state index contributed by atoms with van der Waals surface area (Å²) in [5, 5.41) is 9.30. The maximum atomic E-state index is 11.3. The number of aliphatic hydroxyl groups excluding tert-OH is 1. The summed E-state index contributed by atoms with van der Waals surface area (Å²) in [5.74, 6) is -0.566. The Bertz CT molecular complexity index is 328. The third-order valence-corrected chi connectivity index (χ3v) is 2.88. The first-order valence-corrected chi connectivity index (χ1v) is 7.20. The number of esters is 1. The van der Waals surface area contributed by atoms with E-state index >= 15 is 0 Å². The summed E-state index contributed by atoms with van der Waals surface area (Å²) < 4.78 is 25.5.